The molecule has 3 aromatic carbocycles. The number of halogens is 2. The van der Waals surface area contributed by atoms with E-state index in [0.717, 1.165) is 22.7 Å². The summed E-state index contributed by atoms with van der Waals surface area (Å²) in [6.07, 6.45) is 2.00. The van der Waals surface area contributed by atoms with Crippen LogP contribution >= 0.6 is 23.2 Å². The second-order valence-electron chi connectivity index (χ2n) is 9.85. The SMILES string of the molecule is CCCCNC(=O)C(CC)N(Cc1ccc(Cl)cc1Cl)C(=O)CN(c1ccc(OC)cc1)S(=O)(=O)c1ccc(C)cc1. The van der Waals surface area contributed by atoms with Crippen LogP contribution in [-0.4, -0.2) is 51.4 Å². The van der Waals surface area contributed by atoms with E-state index in [1.807, 2.05) is 13.8 Å². The number of aryl methyl sites for hydroxylation is 1. The Bertz CT molecular complexity index is 1460. The third kappa shape index (κ3) is 8.40. The van der Waals surface area contributed by atoms with Gasteiger partial charge in [0.2, 0.25) is 11.8 Å². The van der Waals surface area contributed by atoms with Crippen LogP contribution in [0.2, 0.25) is 10.0 Å². The van der Waals surface area contributed by atoms with Gasteiger partial charge in [0.25, 0.3) is 10.0 Å². The number of hydrogen-bond acceptors (Lipinski definition) is 5. The third-order valence-corrected chi connectivity index (χ3v) is 9.19. The number of nitrogens with one attached hydrogen (secondary N) is 1. The molecule has 0 spiro atoms. The number of unbranched alkanes of at least 4 members (excludes halogenated alkanes) is 1. The normalized spacial score (nSPS) is 12.0. The number of hydrogen-bond donors (Lipinski definition) is 1. The lowest BCUT2D eigenvalue weighted by Crippen LogP contribution is -2.52. The van der Waals surface area contributed by atoms with Crippen molar-refractivity contribution in [2.45, 2.75) is 57.5 Å². The zero-order valence-electron chi connectivity index (χ0n) is 24.3. The molecule has 3 rings (SSSR count). The molecule has 0 aliphatic rings. The maximum Gasteiger partial charge on any atom is 0.264 e. The summed E-state index contributed by atoms with van der Waals surface area (Å²) < 4.78 is 34.2. The van der Waals surface area contributed by atoms with Crippen molar-refractivity contribution in [1.29, 1.82) is 0 Å². The van der Waals surface area contributed by atoms with Crippen molar-refractivity contribution in [1.82, 2.24) is 10.2 Å². The van der Waals surface area contributed by atoms with Gasteiger partial charge in [-0.3, -0.25) is 13.9 Å². The van der Waals surface area contributed by atoms with Crippen molar-refractivity contribution in [2.75, 3.05) is 24.5 Å². The molecule has 2 amide bonds. The second kappa shape index (κ2) is 15.3. The van der Waals surface area contributed by atoms with Crippen LogP contribution in [0.5, 0.6) is 5.75 Å². The number of rotatable bonds is 14. The molecule has 0 bridgehead atoms. The Labute approximate surface area is 258 Å². The van der Waals surface area contributed by atoms with Gasteiger partial charge < -0.3 is 15.0 Å². The quantitative estimate of drug-likeness (QED) is 0.212. The molecule has 0 saturated carbocycles. The maximum atomic E-state index is 14.1. The Morgan fingerprint density at radius 3 is 2.21 bits per heavy atom. The van der Waals surface area contributed by atoms with Gasteiger partial charge in [-0.1, -0.05) is 67.2 Å². The molecule has 0 aliphatic carbocycles. The van der Waals surface area contributed by atoms with Gasteiger partial charge in [-0.2, -0.15) is 0 Å². The highest BCUT2D eigenvalue weighted by molar-refractivity contribution is 7.92. The number of amides is 2. The van der Waals surface area contributed by atoms with Gasteiger partial charge in [-0.25, -0.2) is 8.42 Å². The Hall–Kier alpha value is -3.27. The van der Waals surface area contributed by atoms with E-state index in [9.17, 15) is 18.0 Å². The standard InChI is InChI=1S/C31H37Cl2N3O5S/c1-5-7-18-34-31(38)29(6-2)35(20-23-10-11-24(32)19-28(23)33)30(37)21-36(25-12-14-26(41-4)15-13-25)42(39,40)27-16-8-22(3)9-17-27/h8-17,19,29H,5-7,18,20-21H2,1-4H3,(H,34,38). The summed E-state index contributed by atoms with van der Waals surface area (Å²) in [5, 5.41) is 3.67. The van der Waals surface area contributed by atoms with Crippen LogP contribution in [-0.2, 0) is 26.2 Å². The molecule has 0 heterocycles. The number of ether oxygens (including phenoxy) is 1. The van der Waals surface area contributed by atoms with Crippen LogP contribution in [0.15, 0.2) is 71.6 Å². The van der Waals surface area contributed by atoms with Crippen LogP contribution < -0.4 is 14.4 Å². The highest BCUT2D eigenvalue weighted by atomic mass is 35.5. The molecule has 3 aromatic rings. The first-order chi connectivity index (χ1) is 20.0. The molecule has 0 saturated heterocycles. The fraction of sp³-hybridized carbons (Fsp3) is 0.355. The Morgan fingerprint density at radius 1 is 0.976 bits per heavy atom. The smallest absolute Gasteiger partial charge is 0.264 e. The molecule has 11 heteroatoms. The van der Waals surface area contributed by atoms with Gasteiger partial charge in [0.15, 0.2) is 0 Å². The van der Waals surface area contributed by atoms with Gasteiger partial charge in [-0.05, 0) is 73.9 Å². The molecular weight excluding hydrogens is 597 g/mol. The van der Waals surface area contributed by atoms with Crippen LogP contribution in [0.4, 0.5) is 5.69 Å². The summed E-state index contributed by atoms with van der Waals surface area (Å²) >= 11 is 12.6. The second-order valence-corrected chi connectivity index (χ2v) is 12.6. The molecule has 42 heavy (non-hydrogen) atoms. The third-order valence-electron chi connectivity index (χ3n) is 6.82. The van der Waals surface area contributed by atoms with Crippen molar-refractivity contribution < 1.29 is 22.7 Å². The molecule has 0 fully saturated rings. The van der Waals surface area contributed by atoms with E-state index < -0.39 is 28.5 Å². The van der Waals surface area contributed by atoms with Crippen molar-refractivity contribution in [3.8, 4) is 5.75 Å². The Kier molecular flexibility index (Phi) is 12.1. The fourth-order valence-corrected chi connectivity index (χ4v) is 6.26. The van der Waals surface area contributed by atoms with Gasteiger partial charge in [0.05, 0.1) is 17.7 Å². The molecule has 0 aliphatic heterocycles. The number of carbonyl (C=O) groups is 2. The molecule has 1 atom stereocenters. The number of sulfonamides is 1. The Balaban J connectivity index is 2.06. The van der Waals surface area contributed by atoms with E-state index in [4.69, 9.17) is 27.9 Å². The van der Waals surface area contributed by atoms with Gasteiger partial charge in [0, 0.05) is 23.1 Å². The van der Waals surface area contributed by atoms with E-state index >= 15 is 0 Å². The lowest BCUT2D eigenvalue weighted by molar-refractivity contribution is -0.140. The summed E-state index contributed by atoms with van der Waals surface area (Å²) in [5.41, 5.74) is 1.74. The molecule has 1 N–H and O–H groups in total. The molecular formula is C31H37Cl2N3O5S. The molecule has 226 valence electrons. The van der Waals surface area contributed by atoms with Crippen LogP contribution in [0.25, 0.3) is 0 Å². The highest BCUT2D eigenvalue weighted by Crippen LogP contribution is 2.28. The monoisotopic (exact) mass is 633 g/mol. The molecule has 0 radical (unpaired) electrons. The predicted molar refractivity (Wildman–Crippen MR) is 168 cm³/mol. The van der Waals surface area contributed by atoms with Gasteiger partial charge in [-0.15, -0.1) is 0 Å². The van der Waals surface area contributed by atoms with Crippen LogP contribution in [0.3, 0.4) is 0 Å². The van der Waals surface area contributed by atoms with Crippen LogP contribution in [0.1, 0.15) is 44.2 Å². The largest absolute Gasteiger partial charge is 0.497 e. The van der Waals surface area contributed by atoms with Crippen molar-refractivity contribution in [3.05, 3.63) is 87.9 Å². The predicted octanol–water partition coefficient (Wildman–Crippen LogP) is 6.23. The zero-order chi connectivity index (χ0) is 30.9. The average Bonchev–Trinajstić information content (AvgIpc) is 2.97. The lowest BCUT2D eigenvalue weighted by Gasteiger charge is -2.33. The summed E-state index contributed by atoms with van der Waals surface area (Å²) in [6, 6.07) is 16.9. The van der Waals surface area contributed by atoms with Crippen molar-refractivity contribution in [2.24, 2.45) is 0 Å². The van der Waals surface area contributed by atoms with Crippen LogP contribution in [0, 0.1) is 6.92 Å². The van der Waals surface area contributed by atoms with Crippen molar-refractivity contribution in [3.63, 3.8) is 0 Å². The minimum atomic E-state index is -4.17. The van der Waals surface area contributed by atoms with E-state index in [0.29, 0.717) is 34.3 Å². The maximum absolute atomic E-state index is 14.1. The van der Waals surface area contributed by atoms with E-state index in [-0.39, 0.29) is 23.0 Å². The molecule has 8 nitrogen and oxygen atoms in total. The Morgan fingerprint density at radius 2 is 1.64 bits per heavy atom. The first-order valence-electron chi connectivity index (χ1n) is 13.8. The minimum Gasteiger partial charge on any atom is -0.497 e. The molecule has 1 unspecified atom stereocenters. The van der Waals surface area contributed by atoms with Gasteiger partial charge >= 0.3 is 0 Å². The lowest BCUT2D eigenvalue weighted by atomic mass is 10.1. The zero-order valence-corrected chi connectivity index (χ0v) is 26.6. The first-order valence-corrected chi connectivity index (χ1v) is 16.0. The van der Waals surface area contributed by atoms with E-state index in [1.54, 1.807) is 61.5 Å². The number of carbonyl (C=O) groups excluding carboxylic acids is 2. The summed E-state index contributed by atoms with van der Waals surface area (Å²) in [7, 11) is -2.67. The highest BCUT2D eigenvalue weighted by Gasteiger charge is 2.34. The number of anilines is 1. The minimum absolute atomic E-state index is 0.0183. The summed E-state index contributed by atoms with van der Waals surface area (Å²) in [6.45, 7) is 5.58. The topological polar surface area (TPSA) is 96.0 Å². The number of nitrogens with zero attached hydrogens (tertiary/aromatic N) is 2. The summed E-state index contributed by atoms with van der Waals surface area (Å²) in [4.78, 5) is 28.9. The average molecular weight is 635 g/mol. The number of benzene rings is 3. The molecule has 0 aromatic heterocycles. The van der Waals surface area contributed by atoms with Gasteiger partial charge in [0.1, 0.15) is 18.3 Å². The number of methoxy groups -OCH3 is 1. The van der Waals surface area contributed by atoms with E-state index in [2.05, 4.69) is 5.32 Å². The van der Waals surface area contributed by atoms with E-state index in [1.165, 1.54) is 24.1 Å². The van der Waals surface area contributed by atoms with Crippen molar-refractivity contribution >= 4 is 50.7 Å². The summed E-state index contributed by atoms with van der Waals surface area (Å²) in [5.74, 6) is -0.349. The fourth-order valence-electron chi connectivity index (χ4n) is 4.37. The first kappa shape index (κ1) is 33.2.